The maximum atomic E-state index is 10.5. The third kappa shape index (κ3) is 21.2. The fourth-order valence-electron chi connectivity index (χ4n) is 1.26. The standard InChI is InChI=1S/C6H10O3.2C4H9.Sn/c1-2-3-5(7)4-6(8)9;2*1-3-4-2;/h2-4H2,1H3,(H,8,9);2*1,3-4H2,2H3;. The van der Waals surface area contributed by atoms with E-state index >= 15 is 0 Å². The molecule has 0 amide bonds. The monoisotopic (exact) mass is 364 g/mol. The summed E-state index contributed by atoms with van der Waals surface area (Å²) in [6.07, 6.45) is 6.62. The molecule has 0 saturated carbocycles. The minimum atomic E-state index is -1.03. The first kappa shape index (κ1) is 20.3. The Bertz CT molecular complexity index is 199. The van der Waals surface area contributed by atoms with Crippen LogP contribution in [0.1, 0.15) is 65.7 Å². The predicted molar refractivity (Wildman–Crippen MR) is 77.4 cm³/mol. The number of unbranched alkanes of at least 4 members (excludes halogenated alkanes) is 2. The molecular formula is C14H28O3Sn. The molecule has 2 radical (unpaired) electrons. The molecule has 1 N–H and O–H groups in total. The summed E-state index contributed by atoms with van der Waals surface area (Å²) in [5.74, 6) is -1.22. The molecule has 0 aliphatic rings. The molecule has 0 heterocycles. The summed E-state index contributed by atoms with van der Waals surface area (Å²) in [5.41, 5.74) is 0. The summed E-state index contributed by atoms with van der Waals surface area (Å²) in [6, 6.07) is 0. The number of Topliss-reactive ketones (excluding diaryl/α,β-unsaturated/α-hetero) is 1. The Labute approximate surface area is 122 Å². The number of rotatable bonds is 10. The maximum absolute atomic E-state index is 10.5. The molecule has 0 saturated heterocycles. The fourth-order valence-corrected chi connectivity index (χ4v) is 5.42. The average molecular weight is 363 g/mol. The van der Waals surface area contributed by atoms with Crippen molar-refractivity contribution in [3.8, 4) is 0 Å². The first-order valence-electron chi connectivity index (χ1n) is 7.02. The average Bonchev–Trinajstić information content (AvgIpc) is 2.29. The van der Waals surface area contributed by atoms with Crippen LogP contribution in [0.5, 0.6) is 0 Å². The van der Waals surface area contributed by atoms with Crippen LogP contribution in [0.2, 0.25) is 8.87 Å². The van der Waals surface area contributed by atoms with E-state index in [1.165, 1.54) is 25.7 Å². The van der Waals surface area contributed by atoms with Gasteiger partial charge in [-0.3, -0.25) is 9.59 Å². The zero-order valence-corrected chi connectivity index (χ0v) is 15.0. The van der Waals surface area contributed by atoms with Crippen molar-refractivity contribution in [2.45, 2.75) is 74.6 Å². The van der Waals surface area contributed by atoms with E-state index in [4.69, 9.17) is 5.11 Å². The second kappa shape index (κ2) is 16.9. The van der Waals surface area contributed by atoms with Crippen LogP contribution in [0.3, 0.4) is 0 Å². The van der Waals surface area contributed by atoms with E-state index in [-0.39, 0.29) is 33.3 Å². The summed E-state index contributed by atoms with van der Waals surface area (Å²) in [5, 5.41) is 8.09. The number of carbonyl (C=O) groups excluding carboxylic acids is 1. The Kier molecular flexibility index (Phi) is 19.1. The summed E-state index contributed by atoms with van der Waals surface area (Å²) < 4.78 is 3.25. The van der Waals surface area contributed by atoms with Crippen molar-refractivity contribution in [3.05, 3.63) is 0 Å². The summed E-state index contributed by atoms with van der Waals surface area (Å²) in [7, 11) is 0. The molecule has 0 aromatic heterocycles. The molecule has 4 heteroatoms. The third-order valence-electron chi connectivity index (χ3n) is 2.29. The van der Waals surface area contributed by atoms with E-state index in [0.29, 0.717) is 6.42 Å². The van der Waals surface area contributed by atoms with Gasteiger partial charge in [-0.15, -0.1) is 0 Å². The Morgan fingerprint density at radius 1 is 0.944 bits per heavy atom. The van der Waals surface area contributed by atoms with E-state index in [1.807, 2.05) is 6.92 Å². The number of carboxylic acid groups (broad SMARTS) is 1. The van der Waals surface area contributed by atoms with Gasteiger partial charge in [0.05, 0.1) is 0 Å². The molecular weight excluding hydrogens is 335 g/mol. The molecule has 0 aromatic rings. The van der Waals surface area contributed by atoms with Gasteiger partial charge >= 0.3 is 75.5 Å². The van der Waals surface area contributed by atoms with E-state index in [9.17, 15) is 9.59 Å². The molecule has 0 atom stereocenters. The van der Waals surface area contributed by atoms with Gasteiger partial charge < -0.3 is 5.11 Å². The normalized spacial score (nSPS) is 9.50. The first-order valence-corrected chi connectivity index (χ1v) is 11.1. The number of aliphatic carboxylic acids is 1. The molecule has 0 unspecified atom stereocenters. The second-order valence-electron chi connectivity index (χ2n) is 4.32. The van der Waals surface area contributed by atoms with E-state index in [2.05, 4.69) is 13.8 Å². The number of carbonyl (C=O) groups is 2. The van der Waals surface area contributed by atoms with Gasteiger partial charge in [0.15, 0.2) is 0 Å². The minimum absolute atomic E-state index is 0.149. The van der Waals surface area contributed by atoms with E-state index in [1.54, 1.807) is 8.87 Å². The van der Waals surface area contributed by atoms with Crippen molar-refractivity contribution in [1.82, 2.24) is 0 Å². The van der Waals surface area contributed by atoms with Crippen molar-refractivity contribution >= 4 is 32.9 Å². The van der Waals surface area contributed by atoms with Gasteiger partial charge in [-0.2, -0.15) is 0 Å². The molecule has 18 heavy (non-hydrogen) atoms. The zero-order valence-electron chi connectivity index (χ0n) is 12.1. The Morgan fingerprint density at radius 2 is 1.44 bits per heavy atom. The summed E-state index contributed by atoms with van der Waals surface area (Å²) in [4.78, 5) is 20.3. The third-order valence-corrected chi connectivity index (χ3v) is 6.33. The van der Waals surface area contributed by atoms with Crippen LogP contribution in [0.25, 0.3) is 0 Å². The van der Waals surface area contributed by atoms with Crippen molar-refractivity contribution in [3.63, 3.8) is 0 Å². The number of carboxylic acids is 1. The molecule has 3 nitrogen and oxygen atoms in total. The second-order valence-corrected chi connectivity index (χ2v) is 8.60. The number of hydrogen-bond acceptors (Lipinski definition) is 2. The van der Waals surface area contributed by atoms with E-state index in [0.717, 1.165) is 6.42 Å². The van der Waals surface area contributed by atoms with Crippen LogP contribution in [0.4, 0.5) is 0 Å². The Balaban J connectivity index is 0. The molecule has 0 aromatic carbocycles. The first-order chi connectivity index (χ1) is 8.58. The quantitative estimate of drug-likeness (QED) is 0.363. The van der Waals surface area contributed by atoms with Gasteiger partial charge in [-0.25, -0.2) is 0 Å². The van der Waals surface area contributed by atoms with Crippen LogP contribution < -0.4 is 0 Å². The SMILES string of the molecule is CCCC(=O)CC(=O)O.CCC[CH2][Sn][CH2]CCC. The van der Waals surface area contributed by atoms with E-state index < -0.39 is 5.97 Å². The molecule has 0 bridgehead atoms. The molecule has 0 rings (SSSR count). The van der Waals surface area contributed by atoms with Crippen LogP contribution in [0.15, 0.2) is 0 Å². The van der Waals surface area contributed by atoms with Crippen molar-refractivity contribution in [2.75, 3.05) is 0 Å². The van der Waals surface area contributed by atoms with Crippen LogP contribution in [-0.2, 0) is 9.59 Å². The molecule has 0 spiro atoms. The van der Waals surface area contributed by atoms with Crippen molar-refractivity contribution < 1.29 is 14.7 Å². The molecule has 0 aliphatic heterocycles. The molecule has 0 aliphatic carbocycles. The van der Waals surface area contributed by atoms with Crippen LogP contribution in [-0.4, -0.2) is 38.0 Å². The summed E-state index contributed by atoms with van der Waals surface area (Å²) >= 11 is 0.149. The van der Waals surface area contributed by atoms with Gasteiger partial charge in [0.2, 0.25) is 0 Å². The molecule has 0 fully saturated rings. The Hall–Kier alpha value is -0.0613. The number of hydrogen-bond donors (Lipinski definition) is 1. The van der Waals surface area contributed by atoms with Crippen molar-refractivity contribution in [2.24, 2.45) is 0 Å². The summed E-state index contributed by atoms with van der Waals surface area (Å²) in [6.45, 7) is 6.43. The predicted octanol–water partition coefficient (Wildman–Crippen LogP) is 3.96. The van der Waals surface area contributed by atoms with Gasteiger partial charge in [0.25, 0.3) is 0 Å². The zero-order chi connectivity index (χ0) is 14.2. The fraction of sp³-hybridized carbons (Fsp3) is 0.857. The topological polar surface area (TPSA) is 54.4 Å². The van der Waals surface area contributed by atoms with Gasteiger partial charge in [0.1, 0.15) is 12.2 Å². The van der Waals surface area contributed by atoms with Crippen LogP contribution >= 0.6 is 0 Å². The van der Waals surface area contributed by atoms with Gasteiger partial charge in [-0.1, -0.05) is 6.92 Å². The van der Waals surface area contributed by atoms with Crippen molar-refractivity contribution in [1.29, 1.82) is 0 Å². The van der Waals surface area contributed by atoms with Crippen LogP contribution in [0, 0.1) is 0 Å². The van der Waals surface area contributed by atoms with Gasteiger partial charge in [0, 0.05) is 6.42 Å². The van der Waals surface area contributed by atoms with Gasteiger partial charge in [-0.05, 0) is 6.42 Å². The number of ketones is 1. The molecule has 106 valence electrons. The Morgan fingerprint density at radius 3 is 1.78 bits per heavy atom.